The van der Waals surface area contributed by atoms with Crippen LogP contribution in [0, 0.1) is 6.92 Å². The van der Waals surface area contributed by atoms with E-state index in [-0.39, 0.29) is 0 Å². The lowest BCUT2D eigenvalue weighted by atomic mass is 10.2. The first-order chi connectivity index (χ1) is 7.70. The van der Waals surface area contributed by atoms with Crippen LogP contribution in [0.4, 0.5) is 0 Å². The zero-order chi connectivity index (χ0) is 11.5. The van der Waals surface area contributed by atoms with E-state index in [1.807, 2.05) is 26.1 Å². The summed E-state index contributed by atoms with van der Waals surface area (Å²) in [5, 5.41) is 4.20. The molecule has 0 fully saturated rings. The molecule has 0 aliphatic carbocycles. The fourth-order valence-corrected chi connectivity index (χ4v) is 1.55. The molecule has 0 atom stereocenters. The number of ether oxygens (including phenoxy) is 1. The van der Waals surface area contributed by atoms with Crippen molar-refractivity contribution in [3.05, 3.63) is 35.4 Å². The molecular formula is C11H15N3O2. The van der Waals surface area contributed by atoms with Crippen molar-refractivity contribution in [3.8, 4) is 5.88 Å². The SMILES string of the molecule is Cc1cc(OCc2ccoc2CN)n(C)n1. The zero-order valence-electron chi connectivity index (χ0n) is 9.43. The fraction of sp³-hybridized carbons (Fsp3) is 0.364. The van der Waals surface area contributed by atoms with Gasteiger partial charge in [-0.3, -0.25) is 0 Å². The topological polar surface area (TPSA) is 66.2 Å². The van der Waals surface area contributed by atoms with Gasteiger partial charge < -0.3 is 14.9 Å². The van der Waals surface area contributed by atoms with Gasteiger partial charge in [0.05, 0.1) is 18.5 Å². The van der Waals surface area contributed by atoms with Crippen LogP contribution in [0.2, 0.25) is 0 Å². The maximum Gasteiger partial charge on any atom is 0.212 e. The first-order valence-electron chi connectivity index (χ1n) is 5.09. The minimum Gasteiger partial charge on any atom is -0.473 e. The highest BCUT2D eigenvalue weighted by atomic mass is 16.5. The van der Waals surface area contributed by atoms with Crippen molar-refractivity contribution >= 4 is 0 Å². The summed E-state index contributed by atoms with van der Waals surface area (Å²) in [7, 11) is 1.85. The predicted octanol–water partition coefficient (Wildman–Crippen LogP) is 1.36. The molecule has 0 saturated carbocycles. The number of nitrogens with zero attached hydrogens (tertiary/aromatic N) is 2. The standard InChI is InChI=1S/C11H15N3O2/c1-8-5-11(14(2)13-8)16-7-9-3-4-15-10(9)6-12/h3-5H,6-7,12H2,1-2H3. The highest BCUT2D eigenvalue weighted by Crippen LogP contribution is 2.16. The number of hydrogen-bond acceptors (Lipinski definition) is 4. The number of aryl methyl sites for hydroxylation is 2. The molecule has 0 aromatic carbocycles. The molecule has 0 aliphatic heterocycles. The molecule has 2 aromatic heterocycles. The Morgan fingerprint density at radius 1 is 1.56 bits per heavy atom. The van der Waals surface area contributed by atoms with Crippen molar-refractivity contribution in [2.24, 2.45) is 12.8 Å². The second-order valence-electron chi connectivity index (χ2n) is 3.61. The van der Waals surface area contributed by atoms with Crippen molar-refractivity contribution in [1.82, 2.24) is 9.78 Å². The predicted molar refractivity (Wildman–Crippen MR) is 58.9 cm³/mol. The van der Waals surface area contributed by atoms with E-state index in [1.54, 1.807) is 10.9 Å². The highest BCUT2D eigenvalue weighted by Gasteiger charge is 2.07. The summed E-state index contributed by atoms with van der Waals surface area (Å²) in [6.07, 6.45) is 1.62. The van der Waals surface area contributed by atoms with Crippen LogP contribution in [0.25, 0.3) is 0 Å². The van der Waals surface area contributed by atoms with E-state index in [1.165, 1.54) is 0 Å². The lowest BCUT2D eigenvalue weighted by molar-refractivity contribution is 0.275. The van der Waals surface area contributed by atoms with Gasteiger partial charge in [-0.2, -0.15) is 5.10 Å². The van der Waals surface area contributed by atoms with Gasteiger partial charge in [0.25, 0.3) is 0 Å². The number of aromatic nitrogens is 2. The second-order valence-corrected chi connectivity index (χ2v) is 3.61. The Balaban J connectivity index is 2.05. The summed E-state index contributed by atoms with van der Waals surface area (Å²) in [6, 6.07) is 3.76. The number of nitrogens with two attached hydrogens (primary N) is 1. The number of hydrogen-bond donors (Lipinski definition) is 1. The fourth-order valence-electron chi connectivity index (χ4n) is 1.55. The Hall–Kier alpha value is -1.75. The van der Waals surface area contributed by atoms with Crippen LogP contribution in [0.5, 0.6) is 5.88 Å². The van der Waals surface area contributed by atoms with E-state index in [0.717, 1.165) is 22.9 Å². The van der Waals surface area contributed by atoms with E-state index in [2.05, 4.69) is 5.10 Å². The minimum absolute atomic E-state index is 0.385. The molecule has 16 heavy (non-hydrogen) atoms. The van der Waals surface area contributed by atoms with Crippen LogP contribution in [0.3, 0.4) is 0 Å². The van der Waals surface area contributed by atoms with Gasteiger partial charge in [0, 0.05) is 18.7 Å². The van der Waals surface area contributed by atoms with Crippen molar-refractivity contribution < 1.29 is 9.15 Å². The average Bonchev–Trinajstić information content (AvgIpc) is 2.81. The molecule has 5 heteroatoms. The summed E-state index contributed by atoms with van der Waals surface area (Å²) in [5.74, 6) is 1.50. The quantitative estimate of drug-likeness (QED) is 0.846. The molecule has 0 bridgehead atoms. The van der Waals surface area contributed by atoms with Gasteiger partial charge in [0.1, 0.15) is 12.4 Å². The van der Waals surface area contributed by atoms with Crippen LogP contribution in [0.15, 0.2) is 22.8 Å². The van der Waals surface area contributed by atoms with Gasteiger partial charge in [0.2, 0.25) is 5.88 Å². The minimum atomic E-state index is 0.385. The summed E-state index contributed by atoms with van der Waals surface area (Å²) in [5.41, 5.74) is 7.44. The van der Waals surface area contributed by atoms with Crippen molar-refractivity contribution in [2.75, 3.05) is 0 Å². The molecule has 2 rings (SSSR count). The molecule has 2 heterocycles. The molecule has 2 aromatic rings. The molecule has 0 aliphatic rings. The van der Waals surface area contributed by atoms with E-state index >= 15 is 0 Å². The maximum absolute atomic E-state index is 5.63. The Bertz CT molecular complexity index is 473. The monoisotopic (exact) mass is 221 g/mol. The van der Waals surface area contributed by atoms with Gasteiger partial charge in [-0.25, -0.2) is 4.68 Å². The number of rotatable bonds is 4. The summed E-state index contributed by atoms with van der Waals surface area (Å²) in [4.78, 5) is 0. The smallest absolute Gasteiger partial charge is 0.212 e. The molecule has 0 spiro atoms. The zero-order valence-corrected chi connectivity index (χ0v) is 9.43. The molecular weight excluding hydrogens is 206 g/mol. The van der Waals surface area contributed by atoms with E-state index in [0.29, 0.717) is 13.2 Å². The molecule has 0 saturated heterocycles. The molecule has 0 amide bonds. The Morgan fingerprint density at radius 2 is 2.38 bits per heavy atom. The van der Waals surface area contributed by atoms with Crippen LogP contribution in [-0.2, 0) is 20.2 Å². The molecule has 0 radical (unpaired) electrons. The van der Waals surface area contributed by atoms with Gasteiger partial charge in [-0.15, -0.1) is 0 Å². The number of furan rings is 1. The van der Waals surface area contributed by atoms with Crippen molar-refractivity contribution in [2.45, 2.75) is 20.1 Å². The van der Waals surface area contributed by atoms with Crippen LogP contribution < -0.4 is 10.5 Å². The van der Waals surface area contributed by atoms with Crippen LogP contribution in [-0.4, -0.2) is 9.78 Å². The lowest BCUT2D eigenvalue weighted by Crippen LogP contribution is -2.04. The molecule has 0 unspecified atom stereocenters. The molecule has 5 nitrogen and oxygen atoms in total. The summed E-state index contributed by atoms with van der Waals surface area (Å²) in [6.45, 7) is 2.76. The lowest BCUT2D eigenvalue weighted by Gasteiger charge is -2.05. The van der Waals surface area contributed by atoms with Gasteiger partial charge >= 0.3 is 0 Å². The Labute approximate surface area is 93.8 Å². The maximum atomic E-state index is 5.63. The third kappa shape index (κ3) is 2.09. The third-order valence-electron chi connectivity index (χ3n) is 2.36. The molecule has 2 N–H and O–H groups in total. The normalized spacial score (nSPS) is 10.7. The summed E-state index contributed by atoms with van der Waals surface area (Å²) < 4.78 is 12.5. The highest BCUT2D eigenvalue weighted by molar-refractivity contribution is 5.19. The van der Waals surface area contributed by atoms with E-state index in [4.69, 9.17) is 14.9 Å². The van der Waals surface area contributed by atoms with Gasteiger partial charge in [-0.1, -0.05) is 0 Å². The van der Waals surface area contributed by atoms with Gasteiger partial charge in [-0.05, 0) is 13.0 Å². The van der Waals surface area contributed by atoms with Crippen LogP contribution >= 0.6 is 0 Å². The first-order valence-corrected chi connectivity index (χ1v) is 5.09. The van der Waals surface area contributed by atoms with Crippen LogP contribution in [0.1, 0.15) is 17.0 Å². The average molecular weight is 221 g/mol. The third-order valence-corrected chi connectivity index (χ3v) is 2.36. The second kappa shape index (κ2) is 4.40. The van der Waals surface area contributed by atoms with Gasteiger partial charge in [0.15, 0.2) is 0 Å². The first kappa shape index (κ1) is 10.8. The van der Waals surface area contributed by atoms with E-state index in [9.17, 15) is 0 Å². The van der Waals surface area contributed by atoms with E-state index < -0.39 is 0 Å². The Morgan fingerprint density at radius 3 is 3.00 bits per heavy atom. The molecule has 86 valence electrons. The summed E-state index contributed by atoms with van der Waals surface area (Å²) >= 11 is 0. The van der Waals surface area contributed by atoms with Crippen molar-refractivity contribution in [3.63, 3.8) is 0 Å². The Kier molecular flexibility index (Phi) is 2.96. The largest absolute Gasteiger partial charge is 0.473 e. The van der Waals surface area contributed by atoms with Crippen molar-refractivity contribution in [1.29, 1.82) is 0 Å².